The van der Waals surface area contributed by atoms with E-state index < -0.39 is 0 Å². The van der Waals surface area contributed by atoms with Crippen LogP contribution >= 0.6 is 0 Å². The third kappa shape index (κ3) is 5.09. The van der Waals surface area contributed by atoms with E-state index in [-0.39, 0.29) is 12.1 Å². The summed E-state index contributed by atoms with van der Waals surface area (Å²) in [6.45, 7) is 11.8. The Bertz CT molecular complexity index is 416. The van der Waals surface area contributed by atoms with E-state index in [1.54, 1.807) is 0 Å². The summed E-state index contributed by atoms with van der Waals surface area (Å²) in [6.07, 6.45) is 6.56. The molecule has 0 bridgehead atoms. The lowest BCUT2D eigenvalue weighted by Gasteiger charge is -2.31. The van der Waals surface area contributed by atoms with Crippen molar-refractivity contribution < 1.29 is 5.11 Å². The van der Waals surface area contributed by atoms with Crippen LogP contribution in [0.15, 0.2) is 12.4 Å². The maximum atomic E-state index is 8.95. The van der Waals surface area contributed by atoms with Gasteiger partial charge in [-0.15, -0.1) is 0 Å². The van der Waals surface area contributed by atoms with Crippen LogP contribution in [0.25, 0.3) is 0 Å². The molecule has 120 valence electrons. The van der Waals surface area contributed by atoms with Crippen molar-refractivity contribution in [2.45, 2.75) is 45.7 Å². The molecule has 0 unspecified atom stereocenters. The smallest absolute Gasteiger partial charge is 0.0558 e. The molecule has 0 amide bonds. The van der Waals surface area contributed by atoms with Crippen LogP contribution in [0, 0.1) is 5.92 Å². The second-order valence-corrected chi connectivity index (χ2v) is 7.10. The first kappa shape index (κ1) is 16.5. The van der Waals surface area contributed by atoms with Gasteiger partial charge >= 0.3 is 0 Å². The van der Waals surface area contributed by atoms with E-state index in [0.717, 1.165) is 38.6 Å². The van der Waals surface area contributed by atoms with Gasteiger partial charge in [0.2, 0.25) is 0 Å². The summed E-state index contributed by atoms with van der Waals surface area (Å²) in [4.78, 5) is 2.35. The molecule has 1 aromatic heterocycles. The minimum absolute atomic E-state index is 0.0534. The second-order valence-electron chi connectivity index (χ2n) is 7.10. The minimum Gasteiger partial charge on any atom is -0.395 e. The number of nitrogens with zero attached hydrogens (tertiary/aromatic N) is 3. The van der Waals surface area contributed by atoms with Gasteiger partial charge in [-0.05, 0) is 59.2 Å². The number of aliphatic hydroxyl groups excluding tert-OH is 1. The summed E-state index contributed by atoms with van der Waals surface area (Å²) < 4.78 is 2.03. The maximum Gasteiger partial charge on any atom is 0.0558 e. The molecule has 2 N–H and O–H groups in total. The fourth-order valence-corrected chi connectivity index (χ4v) is 2.79. The molecule has 0 saturated carbocycles. The van der Waals surface area contributed by atoms with E-state index >= 15 is 0 Å². The zero-order valence-electron chi connectivity index (χ0n) is 13.7. The highest BCUT2D eigenvalue weighted by Crippen LogP contribution is 2.16. The Hall–Kier alpha value is -0.910. The highest BCUT2D eigenvalue weighted by Gasteiger charge is 2.18. The van der Waals surface area contributed by atoms with Crippen LogP contribution < -0.4 is 5.32 Å². The van der Waals surface area contributed by atoms with Gasteiger partial charge in [0.15, 0.2) is 0 Å². The summed E-state index contributed by atoms with van der Waals surface area (Å²) >= 11 is 0. The molecule has 1 saturated heterocycles. The second kappa shape index (κ2) is 7.38. The van der Waals surface area contributed by atoms with Crippen LogP contribution in [0.5, 0.6) is 0 Å². The predicted octanol–water partition coefficient (Wildman–Crippen LogP) is 1.43. The number of hydrogen-bond donors (Lipinski definition) is 2. The fraction of sp³-hybridized carbons (Fsp3) is 0.812. The summed E-state index contributed by atoms with van der Waals surface area (Å²) in [5.74, 6) is 0.762. The van der Waals surface area contributed by atoms with Gasteiger partial charge in [0.1, 0.15) is 0 Å². The van der Waals surface area contributed by atoms with Gasteiger partial charge < -0.3 is 15.3 Å². The lowest BCUT2D eigenvalue weighted by Crippen LogP contribution is -2.38. The summed E-state index contributed by atoms with van der Waals surface area (Å²) in [5, 5.41) is 16.9. The number of nitrogens with one attached hydrogen (secondary N) is 1. The van der Waals surface area contributed by atoms with Crippen molar-refractivity contribution in [3.05, 3.63) is 18.0 Å². The number of rotatable bonds is 6. The van der Waals surface area contributed by atoms with E-state index in [1.807, 2.05) is 10.9 Å². The standard InChI is InChI=1S/C16H30N4O/c1-16(2,3)20-13-15(12-18-20)11-17-10-14-4-6-19(7-5-14)8-9-21/h12-14,17,21H,4-11H2,1-3H3. The normalized spacial score (nSPS) is 18.3. The van der Waals surface area contributed by atoms with Gasteiger partial charge in [0.25, 0.3) is 0 Å². The number of likely N-dealkylation sites (tertiary alicyclic amines) is 1. The molecule has 21 heavy (non-hydrogen) atoms. The molecule has 1 fully saturated rings. The fourth-order valence-electron chi connectivity index (χ4n) is 2.79. The summed E-state index contributed by atoms with van der Waals surface area (Å²) in [7, 11) is 0. The highest BCUT2D eigenvalue weighted by molar-refractivity contribution is 5.04. The predicted molar refractivity (Wildman–Crippen MR) is 85.2 cm³/mol. The summed E-state index contributed by atoms with van der Waals surface area (Å²) in [5.41, 5.74) is 1.31. The van der Waals surface area contributed by atoms with E-state index in [0.29, 0.717) is 0 Å². The molecule has 0 spiro atoms. The van der Waals surface area contributed by atoms with Crippen LogP contribution in [0.1, 0.15) is 39.2 Å². The minimum atomic E-state index is 0.0534. The molecule has 1 aliphatic rings. The van der Waals surface area contributed by atoms with Crippen LogP contribution in [-0.2, 0) is 12.1 Å². The molecular weight excluding hydrogens is 264 g/mol. The first-order valence-corrected chi connectivity index (χ1v) is 8.07. The molecule has 1 aromatic rings. The summed E-state index contributed by atoms with van der Waals surface area (Å²) in [6, 6.07) is 0. The molecule has 2 rings (SSSR count). The Balaban J connectivity index is 1.67. The Labute approximate surface area is 128 Å². The average molecular weight is 294 g/mol. The van der Waals surface area contributed by atoms with Crippen molar-refractivity contribution in [3.8, 4) is 0 Å². The Morgan fingerprint density at radius 3 is 2.62 bits per heavy atom. The lowest BCUT2D eigenvalue weighted by molar-refractivity contribution is 0.146. The SMILES string of the molecule is CC(C)(C)n1cc(CNCC2CCN(CCO)CC2)cn1. The molecule has 5 heteroatoms. The average Bonchev–Trinajstić information content (AvgIpc) is 2.90. The van der Waals surface area contributed by atoms with Crippen molar-refractivity contribution in [2.75, 3.05) is 32.8 Å². The number of aromatic nitrogens is 2. The van der Waals surface area contributed by atoms with Crippen molar-refractivity contribution in [3.63, 3.8) is 0 Å². The van der Waals surface area contributed by atoms with Gasteiger partial charge in [-0.2, -0.15) is 5.10 Å². The Morgan fingerprint density at radius 1 is 1.33 bits per heavy atom. The van der Waals surface area contributed by atoms with E-state index in [9.17, 15) is 0 Å². The zero-order valence-corrected chi connectivity index (χ0v) is 13.7. The largest absolute Gasteiger partial charge is 0.395 e. The molecular formula is C16H30N4O. The van der Waals surface area contributed by atoms with Gasteiger partial charge in [-0.1, -0.05) is 0 Å². The van der Waals surface area contributed by atoms with E-state index in [2.05, 4.69) is 42.3 Å². The number of piperidine rings is 1. The molecule has 0 radical (unpaired) electrons. The van der Waals surface area contributed by atoms with Crippen LogP contribution in [0.2, 0.25) is 0 Å². The first-order chi connectivity index (χ1) is 9.99. The lowest BCUT2D eigenvalue weighted by atomic mass is 9.97. The number of β-amino-alcohol motifs (C(OH)–C–C–N with tert-alkyl or cyclic N) is 1. The number of hydrogen-bond acceptors (Lipinski definition) is 4. The molecule has 1 aliphatic heterocycles. The molecule has 0 atom stereocenters. The molecule has 5 nitrogen and oxygen atoms in total. The number of aliphatic hydroxyl groups is 1. The van der Waals surface area contributed by atoms with Crippen LogP contribution in [0.4, 0.5) is 0 Å². The first-order valence-electron chi connectivity index (χ1n) is 8.07. The monoisotopic (exact) mass is 294 g/mol. The molecule has 0 aromatic carbocycles. The topological polar surface area (TPSA) is 53.3 Å². The highest BCUT2D eigenvalue weighted by atomic mass is 16.3. The molecule has 2 heterocycles. The maximum absolute atomic E-state index is 8.95. The Kier molecular flexibility index (Phi) is 5.79. The Morgan fingerprint density at radius 2 is 2.05 bits per heavy atom. The van der Waals surface area contributed by atoms with Crippen molar-refractivity contribution in [1.29, 1.82) is 0 Å². The van der Waals surface area contributed by atoms with E-state index in [1.165, 1.54) is 18.4 Å². The quantitative estimate of drug-likeness (QED) is 0.833. The van der Waals surface area contributed by atoms with E-state index in [4.69, 9.17) is 5.11 Å². The van der Waals surface area contributed by atoms with Crippen molar-refractivity contribution in [2.24, 2.45) is 5.92 Å². The zero-order chi connectivity index (χ0) is 15.3. The van der Waals surface area contributed by atoms with Crippen LogP contribution in [-0.4, -0.2) is 52.6 Å². The van der Waals surface area contributed by atoms with Gasteiger partial charge in [0, 0.05) is 24.8 Å². The van der Waals surface area contributed by atoms with Crippen molar-refractivity contribution >= 4 is 0 Å². The third-order valence-corrected chi connectivity index (χ3v) is 4.21. The van der Waals surface area contributed by atoms with Gasteiger partial charge in [-0.25, -0.2) is 0 Å². The third-order valence-electron chi connectivity index (χ3n) is 4.21. The van der Waals surface area contributed by atoms with Gasteiger partial charge in [0.05, 0.1) is 18.3 Å². The molecule has 0 aliphatic carbocycles. The van der Waals surface area contributed by atoms with Gasteiger partial charge in [-0.3, -0.25) is 4.68 Å². The van der Waals surface area contributed by atoms with Crippen molar-refractivity contribution in [1.82, 2.24) is 20.0 Å². The van der Waals surface area contributed by atoms with Crippen LogP contribution in [0.3, 0.4) is 0 Å².